The average molecular weight is 326 g/mol. The molecule has 1 fully saturated rings. The summed E-state index contributed by atoms with van der Waals surface area (Å²) in [6, 6.07) is 0. The van der Waals surface area contributed by atoms with Gasteiger partial charge in [-0.25, -0.2) is 0 Å². The van der Waals surface area contributed by atoms with Crippen molar-refractivity contribution in [1.29, 1.82) is 0 Å². The molecule has 0 aromatic carbocycles. The van der Waals surface area contributed by atoms with Crippen molar-refractivity contribution in [3.05, 3.63) is 34.1 Å². The fraction of sp³-hybridized carbons (Fsp3) is 0.533. The third kappa shape index (κ3) is 2.32. The molecule has 1 aromatic rings. The summed E-state index contributed by atoms with van der Waals surface area (Å²) < 4.78 is 6.32. The maximum absolute atomic E-state index is 10.8. The second kappa shape index (κ2) is 5.25. The Morgan fingerprint density at radius 1 is 1.58 bits per heavy atom. The molecule has 0 saturated heterocycles. The molecule has 1 heterocycles. The molecule has 0 aliphatic heterocycles. The first-order valence-corrected chi connectivity index (χ1v) is 7.26. The second-order valence-electron chi connectivity index (χ2n) is 5.43. The lowest BCUT2D eigenvalue weighted by Gasteiger charge is -2.32. The smallest absolute Gasteiger partial charge is 0.147 e. The standard InChI is InChI=1S/C15H20BrNO2/c1-9-6-5-7-15(9,3)14(18)12-13(19-4)10(2)11(16)8-17-12/h8,14,18H,1,5-7H2,2-4H3. The van der Waals surface area contributed by atoms with E-state index < -0.39 is 6.10 Å². The highest BCUT2D eigenvalue weighted by atomic mass is 79.9. The van der Waals surface area contributed by atoms with E-state index in [4.69, 9.17) is 4.74 Å². The first kappa shape index (κ1) is 14.5. The SMILES string of the molecule is C=C1CCCC1(C)C(O)c1ncc(Br)c(C)c1OC. The summed E-state index contributed by atoms with van der Waals surface area (Å²) in [5.41, 5.74) is 2.36. The van der Waals surface area contributed by atoms with Crippen LogP contribution in [0.3, 0.4) is 0 Å². The van der Waals surface area contributed by atoms with Crippen molar-refractivity contribution in [2.24, 2.45) is 5.41 Å². The lowest BCUT2D eigenvalue weighted by atomic mass is 9.78. The molecule has 19 heavy (non-hydrogen) atoms. The maximum atomic E-state index is 10.8. The molecule has 1 aliphatic carbocycles. The highest BCUT2D eigenvalue weighted by molar-refractivity contribution is 9.10. The molecule has 1 aromatic heterocycles. The van der Waals surface area contributed by atoms with Crippen molar-refractivity contribution in [2.75, 3.05) is 7.11 Å². The first-order chi connectivity index (χ1) is 8.91. The lowest BCUT2D eigenvalue weighted by Crippen LogP contribution is -2.25. The maximum Gasteiger partial charge on any atom is 0.147 e. The fourth-order valence-electron chi connectivity index (χ4n) is 2.80. The Labute approximate surface area is 122 Å². The van der Waals surface area contributed by atoms with E-state index in [1.807, 2.05) is 6.92 Å². The van der Waals surface area contributed by atoms with Crippen LogP contribution in [-0.4, -0.2) is 17.2 Å². The summed E-state index contributed by atoms with van der Waals surface area (Å²) in [6.45, 7) is 8.12. The van der Waals surface area contributed by atoms with Gasteiger partial charge in [-0.05, 0) is 42.1 Å². The molecule has 0 spiro atoms. The van der Waals surface area contributed by atoms with Crippen LogP contribution < -0.4 is 4.74 Å². The Balaban J connectivity index is 2.47. The molecule has 0 bridgehead atoms. The third-order valence-corrected chi connectivity index (χ3v) is 5.10. The Bertz CT molecular complexity index is 515. The largest absolute Gasteiger partial charge is 0.494 e. The predicted molar refractivity (Wildman–Crippen MR) is 79.3 cm³/mol. The molecule has 1 saturated carbocycles. The van der Waals surface area contributed by atoms with Crippen LogP contribution >= 0.6 is 15.9 Å². The van der Waals surface area contributed by atoms with Gasteiger partial charge in [0.05, 0.1) is 7.11 Å². The van der Waals surface area contributed by atoms with Gasteiger partial charge in [-0.1, -0.05) is 19.1 Å². The number of aliphatic hydroxyl groups is 1. The van der Waals surface area contributed by atoms with Crippen molar-refractivity contribution in [3.8, 4) is 5.75 Å². The number of hydrogen-bond acceptors (Lipinski definition) is 3. The Morgan fingerprint density at radius 2 is 2.26 bits per heavy atom. The van der Waals surface area contributed by atoms with E-state index in [0.717, 1.165) is 34.9 Å². The average Bonchev–Trinajstić information content (AvgIpc) is 2.73. The Hall–Kier alpha value is -0.870. The molecule has 1 aliphatic rings. The van der Waals surface area contributed by atoms with Crippen LogP contribution in [0, 0.1) is 12.3 Å². The van der Waals surface area contributed by atoms with Gasteiger partial charge in [0.25, 0.3) is 0 Å². The van der Waals surface area contributed by atoms with Gasteiger partial charge in [-0.3, -0.25) is 4.98 Å². The van der Waals surface area contributed by atoms with Crippen molar-refractivity contribution < 1.29 is 9.84 Å². The van der Waals surface area contributed by atoms with Crippen molar-refractivity contribution in [1.82, 2.24) is 4.98 Å². The molecule has 2 rings (SSSR count). The second-order valence-corrected chi connectivity index (χ2v) is 6.28. The number of aromatic nitrogens is 1. The van der Waals surface area contributed by atoms with Crippen LogP contribution in [0.4, 0.5) is 0 Å². The Morgan fingerprint density at radius 3 is 2.79 bits per heavy atom. The zero-order valence-corrected chi connectivity index (χ0v) is 13.2. The number of hydrogen-bond donors (Lipinski definition) is 1. The van der Waals surface area contributed by atoms with Crippen LogP contribution in [0.5, 0.6) is 5.75 Å². The van der Waals surface area contributed by atoms with Gasteiger partial charge in [0.2, 0.25) is 0 Å². The molecule has 4 heteroatoms. The van der Waals surface area contributed by atoms with E-state index in [0.29, 0.717) is 11.4 Å². The normalized spacial score (nSPS) is 24.6. The lowest BCUT2D eigenvalue weighted by molar-refractivity contribution is 0.0598. The van der Waals surface area contributed by atoms with E-state index >= 15 is 0 Å². The molecule has 2 atom stereocenters. The van der Waals surface area contributed by atoms with Crippen LogP contribution in [0.1, 0.15) is 43.5 Å². The van der Waals surface area contributed by atoms with E-state index in [2.05, 4.69) is 34.4 Å². The molecular weight excluding hydrogens is 306 g/mol. The van der Waals surface area contributed by atoms with Crippen molar-refractivity contribution >= 4 is 15.9 Å². The monoisotopic (exact) mass is 325 g/mol. The topological polar surface area (TPSA) is 42.4 Å². The van der Waals surface area contributed by atoms with Crippen molar-refractivity contribution in [2.45, 2.75) is 39.2 Å². The molecule has 3 nitrogen and oxygen atoms in total. The molecular formula is C15H20BrNO2. The molecule has 2 unspecified atom stereocenters. The number of pyridine rings is 1. The summed E-state index contributed by atoms with van der Waals surface area (Å²) in [6.07, 6.45) is 4.03. The zero-order chi connectivity index (χ0) is 14.2. The minimum absolute atomic E-state index is 0.305. The van der Waals surface area contributed by atoms with Crippen LogP contribution in [-0.2, 0) is 0 Å². The quantitative estimate of drug-likeness (QED) is 0.856. The first-order valence-electron chi connectivity index (χ1n) is 6.47. The molecule has 0 radical (unpaired) electrons. The number of halogens is 1. The van der Waals surface area contributed by atoms with Crippen LogP contribution in [0.15, 0.2) is 22.8 Å². The summed E-state index contributed by atoms with van der Waals surface area (Å²) in [5, 5.41) is 10.8. The Kier molecular flexibility index (Phi) is 4.02. The van der Waals surface area contributed by atoms with E-state index in [1.54, 1.807) is 13.3 Å². The van der Waals surface area contributed by atoms with Gasteiger partial charge >= 0.3 is 0 Å². The zero-order valence-electron chi connectivity index (χ0n) is 11.7. The number of rotatable bonds is 3. The molecule has 1 N–H and O–H groups in total. The van der Waals surface area contributed by atoms with Crippen molar-refractivity contribution in [3.63, 3.8) is 0 Å². The summed E-state index contributed by atoms with van der Waals surface area (Å²) in [7, 11) is 1.61. The van der Waals surface area contributed by atoms with E-state index in [-0.39, 0.29) is 5.41 Å². The molecule has 104 valence electrons. The van der Waals surface area contributed by atoms with Gasteiger partial charge in [0.15, 0.2) is 0 Å². The van der Waals surface area contributed by atoms with Gasteiger partial charge in [0, 0.05) is 21.6 Å². The predicted octanol–water partition coefficient (Wildman–Crippen LogP) is 3.94. The fourth-order valence-corrected chi connectivity index (χ4v) is 3.08. The third-order valence-electron chi connectivity index (χ3n) is 4.30. The van der Waals surface area contributed by atoms with Gasteiger partial charge in [-0.15, -0.1) is 0 Å². The van der Waals surface area contributed by atoms with E-state index in [9.17, 15) is 5.11 Å². The number of aliphatic hydroxyl groups excluding tert-OH is 1. The van der Waals surface area contributed by atoms with Gasteiger partial charge < -0.3 is 9.84 Å². The summed E-state index contributed by atoms with van der Waals surface area (Å²) in [5.74, 6) is 0.655. The molecule has 0 amide bonds. The minimum atomic E-state index is -0.677. The number of ether oxygens (including phenoxy) is 1. The number of methoxy groups -OCH3 is 1. The highest BCUT2D eigenvalue weighted by Crippen LogP contribution is 2.51. The minimum Gasteiger partial charge on any atom is -0.494 e. The van der Waals surface area contributed by atoms with Gasteiger partial charge in [0.1, 0.15) is 17.5 Å². The highest BCUT2D eigenvalue weighted by Gasteiger charge is 2.42. The van der Waals surface area contributed by atoms with Gasteiger partial charge in [-0.2, -0.15) is 0 Å². The number of nitrogens with zero attached hydrogens (tertiary/aromatic N) is 1. The van der Waals surface area contributed by atoms with E-state index in [1.165, 1.54) is 0 Å². The van der Waals surface area contributed by atoms with Crippen LogP contribution in [0.25, 0.3) is 0 Å². The summed E-state index contributed by atoms with van der Waals surface area (Å²) in [4.78, 5) is 4.37. The summed E-state index contributed by atoms with van der Waals surface area (Å²) >= 11 is 3.44. The van der Waals surface area contributed by atoms with Crippen LogP contribution in [0.2, 0.25) is 0 Å².